The highest BCUT2D eigenvalue weighted by Gasteiger charge is 2.13. The van der Waals surface area contributed by atoms with Crippen LogP contribution in [0.1, 0.15) is 13.3 Å². The number of hydrogen-bond donors (Lipinski definition) is 4. The third-order valence-electron chi connectivity index (χ3n) is 1.50. The van der Waals surface area contributed by atoms with E-state index in [2.05, 4.69) is 5.43 Å². The Morgan fingerprint density at radius 2 is 1.75 bits per heavy atom. The van der Waals surface area contributed by atoms with Gasteiger partial charge in [-0.15, -0.1) is 0 Å². The first-order valence-corrected chi connectivity index (χ1v) is 5.81. The van der Waals surface area contributed by atoms with Gasteiger partial charge < -0.3 is 5.11 Å². The van der Waals surface area contributed by atoms with Crippen LogP contribution in [0.15, 0.2) is 0 Å². The third kappa shape index (κ3) is 18.9. The summed E-state index contributed by atoms with van der Waals surface area (Å²) >= 11 is 0. The SMILES string of the molecule is CCC(CNN(C)C)C(=O)O.O=S(=O)(O)O. The average Bonchev–Trinajstić information content (AvgIpc) is 2.00. The Morgan fingerprint density at radius 1 is 1.38 bits per heavy atom. The maximum absolute atomic E-state index is 10.5. The summed E-state index contributed by atoms with van der Waals surface area (Å²) in [4.78, 5) is 10.5. The molecule has 0 aromatic rings. The molecular formula is C7H18N2O6S. The van der Waals surface area contributed by atoms with Gasteiger partial charge in [0.05, 0.1) is 5.92 Å². The van der Waals surface area contributed by atoms with Gasteiger partial charge in [-0.2, -0.15) is 8.42 Å². The van der Waals surface area contributed by atoms with Gasteiger partial charge in [0.25, 0.3) is 0 Å². The molecule has 16 heavy (non-hydrogen) atoms. The normalized spacial score (nSPS) is 12.9. The van der Waals surface area contributed by atoms with E-state index in [0.29, 0.717) is 13.0 Å². The number of carbonyl (C=O) groups is 1. The largest absolute Gasteiger partial charge is 0.481 e. The molecule has 0 bridgehead atoms. The quantitative estimate of drug-likeness (QED) is 0.384. The summed E-state index contributed by atoms with van der Waals surface area (Å²) in [6.07, 6.45) is 0.663. The van der Waals surface area contributed by atoms with E-state index < -0.39 is 16.4 Å². The van der Waals surface area contributed by atoms with E-state index in [1.807, 2.05) is 21.0 Å². The Kier molecular flexibility index (Phi) is 9.28. The lowest BCUT2D eigenvalue weighted by atomic mass is 10.1. The predicted molar refractivity (Wildman–Crippen MR) is 57.3 cm³/mol. The highest BCUT2D eigenvalue weighted by molar-refractivity contribution is 7.79. The number of rotatable bonds is 5. The lowest BCUT2D eigenvalue weighted by Gasteiger charge is -2.15. The molecule has 0 rings (SSSR count). The van der Waals surface area contributed by atoms with E-state index in [9.17, 15) is 4.79 Å². The van der Waals surface area contributed by atoms with Crippen molar-refractivity contribution in [3.8, 4) is 0 Å². The zero-order valence-corrected chi connectivity index (χ0v) is 10.2. The van der Waals surface area contributed by atoms with Crippen molar-refractivity contribution >= 4 is 16.4 Å². The number of nitrogens with zero attached hydrogens (tertiary/aromatic N) is 1. The van der Waals surface area contributed by atoms with Crippen LogP contribution >= 0.6 is 0 Å². The van der Waals surface area contributed by atoms with Crippen molar-refractivity contribution in [1.82, 2.24) is 10.4 Å². The van der Waals surface area contributed by atoms with Crippen LogP contribution in [0.3, 0.4) is 0 Å². The van der Waals surface area contributed by atoms with Gasteiger partial charge >= 0.3 is 16.4 Å². The minimum absolute atomic E-state index is 0.280. The van der Waals surface area contributed by atoms with Crippen molar-refractivity contribution in [2.24, 2.45) is 5.92 Å². The molecule has 98 valence electrons. The molecule has 0 aliphatic rings. The number of hydrogen-bond acceptors (Lipinski definition) is 5. The van der Waals surface area contributed by atoms with E-state index in [0.717, 1.165) is 0 Å². The Bertz CT molecular complexity index is 281. The van der Waals surface area contributed by atoms with Crippen molar-refractivity contribution in [3.63, 3.8) is 0 Å². The topological polar surface area (TPSA) is 127 Å². The van der Waals surface area contributed by atoms with Crippen LogP contribution in [0, 0.1) is 5.92 Å². The molecule has 0 radical (unpaired) electrons. The number of carboxylic acids is 1. The maximum Gasteiger partial charge on any atom is 0.394 e. The van der Waals surface area contributed by atoms with Crippen LogP contribution in [0.5, 0.6) is 0 Å². The van der Waals surface area contributed by atoms with Crippen LogP contribution in [0.25, 0.3) is 0 Å². The molecule has 0 aromatic heterocycles. The minimum Gasteiger partial charge on any atom is -0.481 e. The van der Waals surface area contributed by atoms with Crippen molar-refractivity contribution in [3.05, 3.63) is 0 Å². The molecular weight excluding hydrogens is 240 g/mol. The summed E-state index contributed by atoms with van der Waals surface area (Å²) in [6, 6.07) is 0. The van der Waals surface area contributed by atoms with Gasteiger partial charge in [-0.3, -0.25) is 24.3 Å². The van der Waals surface area contributed by atoms with E-state index >= 15 is 0 Å². The zero-order chi connectivity index (χ0) is 13.4. The standard InChI is InChI=1S/C7H16N2O2.H2O4S/c1-4-6(7(10)11)5-8-9(2)3;1-5(2,3)4/h6,8H,4-5H2,1-3H3,(H,10,11);(H2,1,2,3,4). The van der Waals surface area contributed by atoms with E-state index in [-0.39, 0.29) is 5.92 Å². The Labute approximate surface area is 94.8 Å². The lowest BCUT2D eigenvalue weighted by molar-refractivity contribution is -0.141. The first-order valence-electron chi connectivity index (χ1n) is 4.41. The number of aliphatic carboxylic acids is 1. The molecule has 0 heterocycles. The number of nitrogens with one attached hydrogen (secondary N) is 1. The van der Waals surface area contributed by atoms with Gasteiger partial charge in [-0.1, -0.05) is 6.92 Å². The fourth-order valence-electron chi connectivity index (χ4n) is 0.699. The summed E-state index contributed by atoms with van der Waals surface area (Å²) in [5, 5.41) is 10.4. The maximum atomic E-state index is 10.5. The molecule has 0 fully saturated rings. The van der Waals surface area contributed by atoms with Gasteiger partial charge in [-0.05, 0) is 6.42 Å². The summed E-state index contributed by atoms with van der Waals surface area (Å²) in [5.74, 6) is -1.01. The molecule has 0 aliphatic carbocycles. The fraction of sp³-hybridized carbons (Fsp3) is 0.857. The molecule has 1 atom stereocenters. The highest BCUT2D eigenvalue weighted by atomic mass is 32.3. The first-order chi connectivity index (χ1) is 7.07. The first kappa shape index (κ1) is 17.6. The molecule has 0 aliphatic heterocycles. The van der Waals surface area contributed by atoms with E-state index in [1.165, 1.54) is 0 Å². The van der Waals surface area contributed by atoms with Crippen molar-refractivity contribution in [2.45, 2.75) is 13.3 Å². The Hall–Kier alpha value is -0.740. The number of hydrazine groups is 1. The highest BCUT2D eigenvalue weighted by Crippen LogP contribution is 1.99. The van der Waals surface area contributed by atoms with Crippen LogP contribution in [0.4, 0.5) is 0 Å². The molecule has 8 nitrogen and oxygen atoms in total. The fourth-order valence-corrected chi connectivity index (χ4v) is 0.699. The molecule has 1 unspecified atom stereocenters. The lowest BCUT2D eigenvalue weighted by Crippen LogP contribution is -2.36. The zero-order valence-electron chi connectivity index (χ0n) is 9.41. The molecule has 0 aromatic carbocycles. The van der Waals surface area contributed by atoms with Gasteiger partial charge in [0.2, 0.25) is 0 Å². The second-order valence-electron chi connectivity index (χ2n) is 3.15. The molecule has 9 heteroatoms. The van der Waals surface area contributed by atoms with Gasteiger partial charge in [0.1, 0.15) is 0 Å². The summed E-state index contributed by atoms with van der Waals surface area (Å²) in [6.45, 7) is 2.37. The van der Waals surface area contributed by atoms with E-state index in [4.69, 9.17) is 22.6 Å². The van der Waals surface area contributed by atoms with Crippen LogP contribution < -0.4 is 5.43 Å². The molecule has 0 saturated carbocycles. The van der Waals surface area contributed by atoms with Crippen LogP contribution in [-0.4, -0.2) is 54.2 Å². The summed E-state index contributed by atoms with van der Waals surface area (Å²) in [5.41, 5.74) is 2.93. The van der Waals surface area contributed by atoms with Gasteiger partial charge in [0.15, 0.2) is 0 Å². The Balaban J connectivity index is 0. The van der Waals surface area contributed by atoms with Crippen LogP contribution in [-0.2, 0) is 15.2 Å². The second kappa shape index (κ2) is 8.42. The smallest absolute Gasteiger partial charge is 0.394 e. The van der Waals surface area contributed by atoms with Gasteiger partial charge in [-0.25, -0.2) is 0 Å². The summed E-state index contributed by atoms with van der Waals surface area (Å²) in [7, 11) is -0.983. The van der Waals surface area contributed by atoms with E-state index in [1.54, 1.807) is 5.01 Å². The predicted octanol–water partition coefficient (Wildman–Crippen LogP) is -0.489. The summed E-state index contributed by atoms with van der Waals surface area (Å²) < 4.78 is 31.6. The molecule has 0 spiro atoms. The second-order valence-corrected chi connectivity index (χ2v) is 4.04. The molecule has 0 amide bonds. The average molecular weight is 258 g/mol. The van der Waals surface area contributed by atoms with Crippen molar-refractivity contribution in [2.75, 3.05) is 20.6 Å². The van der Waals surface area contributed by atoms with Crippen molar-refractivity contribution in [1.29, 1.82) is 0 Å². The molecule has 4 N–H and O–H groups in total. The number of carboxylic acid groups (broad SMARTS) is 1. The van der Waals surface area contributed by atoms with Gasteiger partial charge in [0, 0.05) is 20.6 Å². The van der Waals surface area contributed by atoms with Crippen LogP contribution in [0.2, 0.25) is 0 Å². The molecule has 0 saturated heterocycles. The van der Waals surface area contributed by atoms with Crippen molar-refractivity contribution < 1.29 is 27.4 Å². The Morgan fingerprint density at radius 3 is 1.94 bits per heavy atom. The third-order valence-corrected chi connectivity index (χ3v) is 1.50. The monoisotopic (exact) mass is 258 g/mol. The minimum atomic E-state index is -4.67.